The van der Waals surface area contributed by atoms with Gasteiger partial charge in [0.25, 0.3) is 0 Å². The van der Waals surface area contributed by atoms with Gasteiger partial charge in [-0.1, -0.05) is 34.1 Å². The smallest absolute Gasteiger partial charge is 0.0113 e. The molecule has 0 saturated carbocycles. The van der Waals surface area contributed by atoms with Gasteiger partial charge >= 0.3 is 0 Å². The topological polar surface area (TPSA) is 15.3 Å². The minimum absolute atomic E-state index is 0.373. The molecule has 15 heavy (non-hydrogen) atoms. The van der Waals surface area contributed by atoms with E-state index in [2.05, 4.69) is 51.9 Å². The van der Waals surface area contributed by atoms with E-state index in [1.54, 1.807) is 0 Å². The van der Waals surface area contributed by atoms with Crippen LogP contribution in [0.4, 0.5) is 0 Å². The number of nitrogens with one attached hydrogen (secondary N) is 1. The molecule has 2 heteroatoms. The normalized spacial score (nSPS) is 14.6. The van der Waals surface area contributed by atoms with E-state index in [9.17, 15) is 0 Å². The highest BCUT2D eigenvalue weighted by molar-refractivity contribution is 4.77. The van der Waals surface area contributed by atoms with Crippen molar-refractivity contribution in [2.45, 2.75) is 53.5 Å². The Labute approximate surface area is 96.4 Å². The quantitative estimate of drug-likeness (QED) is 0.656. The fraction of sp³-hybridized carbons (Fsp3) is 1.00. The van der Waals surface area contributed by atoms with Crippen molar-refractivity contribution < 1.29 is 0 Å². The van der Waals surface area contributed by atoms with E-state index in [1.165, 1.54) is 12.8 Å². The molecule has 92 valence electrons. The molecule has 0 saturated heterocycles. The zero-order chi connectivity index (χ0) is 11.9. The molecule has 0 bridgehead atoms. The van der Waals surface area contributed by atoms with E-state index in [0.717, 1.165) is 19.6 Å². The van der Waals surface area contributed by atoms with Gasteiger partial charge in [-0.25, -0.2) is 0 Å². The summed E-state index contributed by atoms with van der Waals surface area (Å²) in [7, 11) is 2.22. The fourth-order valence-corrected chi connectivity index (χ4v) is 1.54. The molecule has 0 aliphatic heterocycles. The van der Waals surface area contributed by atoms with Crippen molar-refractivity contribution in [2.75, 3.05) is 26.7 Å². The van der Waals surface area contributed by atoms with E-state index < -0.39 is 0 Å². The Hall–Kier alpha value is -0.0800. The number of nitrogens with zero attached hydrogens (tertiary/aromatic N) is 1. The van der Waals surface area contributed by atoms with Crippen LogP contribution < -0.4 is 5.32 Å². The monoisotopic (exact) mass is 214 g/mol. The molecular formula is C13H30N2. The largest absolute Gasteiger partial charge is 0.315 e. The van der Waals surface area contributed by atoms with E-state index in [-0.39, 0.29) is 0 Å². The van der Waals surface area contributed by atoms with E-state index in [4.69, 9.17) is 0 Å². The molecule has 0 radical (unpaired) electrons. The SMILES string of the molecule is CCCCNCCN(C)C(C)C(C)(C)C. The summed E-state index contributed by atoms with van der Waals surface area (Å²) in [6.45, 7) is 14.9. The Morgan fingerprint density at radius 1 is 1.20 bits per heavy atom. The number of rotatable bonds is 7. The van der Waals surface area contributed by atoms with Crippen molar-refractivity contribution in [3.63, 3.8) is 0 Å². The molecule has 2 nitrogen and oxygen atoms in total. The van der Waals surface area contributed by atoms with Gasteiger partial charge in [0.1, 0.15) is 0 Å². The van der Waals surface area contributed by atoms with Gasteiger partial charge in [0.15, 0.2) is 0 Å². The zero-order valence-electron chi connectivity index (χ0n) is 11.6. The van der Waals surface area contributed by atoms with Crippen LogP contribution in [-0.4, -0.2) is 37.6 Å². The van der Waals surface area contributed by atoms with Gasteiger partial charge in [0.2, 0.25) is 0 Å². The van der Waals surface area contributed by atoms with Crippen LogP contribution in [0.2, 0.25) is 0 Å². The van der Waals surface area contributed by atoms with Crippen molar-refractivity contribution in [1.29, 1.82) is 0 Å². The first-order chi connectivity index (χ1) is 6.89. The number of unbranched alkanes of at least 4 members (excludes halogenated alkanes) is 1. The summed E-state index contributed by atoms with van der Waals surface area (Å²) in [4.78, 5) is 2.44. The maximum Gasteiger partial charge on any atom is 0.0113 e. The molecule has 1 atom stereocenters. The van der Waals surface area contributed by atoms with E-state index >= 15 is 0 Å². The summed E-state index contributed by atoms with van der Waals surface area (Å²) in [6.07, 6.45) is 2.57. The molecule has 0 aliphatic carbocycles. The highest BCUT2D eigenvalue weighted by atomic mass is 15.1. The van der Waals surface area contributed by atoms with Crippen LogP contribution >= 0.6 is 0 Å². The first-order valence-electron chi connectivity index (χ1n) is 6.30. The number of likely N-dealkylation sites (N-methyl/N-ethyl adjacent to an activating group) is 1. The van der Waals surface area contributed by atoms with Crippen LogP contribution in [0.1, 0.15) is 47.5 Å². The minimum Gasteiger partial charge on any atom is -0.315 e. The average Bonchev–Trinajstić information content (AvgIpc) is 2.14. The molecule has 1 N–H and O–H groups in total. The van der Waals surface area contributed by atoms with Crippen molar-refractivity contribution >= 4 is 0 Å². The lowest BCUT2D eigenvalue weighted by molar-refractivity contribution is 0.142. The zero-order valence-corrected chi connectivity index (χ0v) is 11.6. The van der Waals surface area contributed by atoms with Crippen LogP contribution in [0.15, 0.2) is 0 Å². The first kappa shape index (κ1) is 14.9. The third kappa shape index (κ3) is 6.91. The van der Waals surface area contributed by atoms with Gasteiger partial charge in [-0.05, 0) is 32.4 Å². The molecule has 0 aromatic carbocycles. The average molecular weight is 214 g/mol. The Morgan fingerprint density at radius 3 is 2.27 bits per heavy atom. The van der Waals surface area contributed by atoms with E-state index in [0.29, 0.717) is 11.5 Å². The number of hydrogen-bond acceptors (Lipinski definition) is 2. The maximum absolute atomic E-state index is 3.48. The minimum atomic E-state index is 0.373. The van der Waals surface area contributed by atoms with Crippen LogP contribution in [0.3, 0.4) is 0 Å². The van der Waals surface area contributed by atoms with Crippen molar-refractivity contribution in [3.05, 3.63) is 0 Å². The molecule has 0 heterocycles. The van der Waals surface area contributed by atoms with Crippen LogP contribution in [0.5, 0.6) is 0 Å². The molecule has 0 fully saturated rings. The maximum atomic E-state index is 3.48. The van der Waals surface area contributed by atoms with Gasteiger partial charge in [0, 0.05) is 19.1 Å². The molecule has 0 amide bonds. The van der Waals surface area contributed by atoms with Crippen LogP contribution in [0.25, 0.3) is 0 Å². The summed E-state index contributed by atoms with van der Waals surface area (Å²) < 4.78 is 0. The molecular weight excluding hydrogens is 184 g/mol. The molecule has 0 spiro atoms. The lowest BCUT2D eigenvalue weighted by Crippen LogP contribution is -2.42. The Morgan fingerprint density at radius 2 is 1.80 bits per heavy atom. The molecule has 0 rings (SSSR count). The first-order valence-corrected chi connectivity index (χ1v) is 6.30. The van der Waals surface area contributed by atoms with Gasteiger partial charge in [-0.2, -0.15) is 0 Å². The highest BCUT2D eigenvalue weighted by Gasteiger charge is 2.23. The van der Waals surface area contributed by atoms with Crippen LogP contribution in [-0.2, 0) is 0 Å². The van der Waals surface area contributed by atoms with Gasteiger partial charge in [0.05, 0.1) is 0 Å². The summed E-state index contributed by atoms with van der Waals surface area (Å²) in [5.74, 6) is 0. The highest BCUT2D eigenvalue weighted by Crippen LogP contribution is 2.22. The molecule has 0 aliphatic rings. The predicted octanol–water partition coefficient (Wildman–Crippen LogP) is 2.74. The van der Waals surface area contributed by atoms with Crippen molar-refractivity contribution in [2.24, 2.45) is 5.41 Å². The summed E-state index contributed by atoms with van der Waals surface area (Å²) in [6, 6.07) is 0.630. The third-order valence-corrected chi connectivity index (χ3v) is 3.26. The van der Waals surface area contributed by atoms with Gasteiger partial charge < -0.3 is 10.2 Å². The van der Waals surface area contributed by atoms with Gasteiger partial charge in [-0.15, -0.1) is 0 Å². The fourth-order valence-electron chi connectivity index (χ4n) is 1.54. The van der Waals surface area contributed by atoms with Crippen molar-refractivity contribution in [3.8, 4) is 0 Å². The molecule has 0 aromatic heterocycles. The lowest BCUT2D eigenvalue weighted by atomic mass is 9.87. The predicted molar refractivity (Wildman–Crippen MR) is 69.3 cm³/mol. The Bertz CT molecular complexity index is 149. The summed E-state index contributed by atoms with van der Waals surface area (Å²) in [5.41, 5.74) is 0.373. The molecule has 0 aromatic rings. The van der Waals surface area contributed by atoms with E-state index in [1.807, 2.05) is 0 Å². The second-order valence-electron chi connectivity index (χ2n) is 5.63. The second-order valence-corrected chi connectivity index (χ2v) is 5.63. The number of hydrogen-bond donors (Lipinski definition) is 1. The summed E-state index contributed by atoms with van der Waals surface area (Å²) in [5, 5.41) is 3.48. The summed E-state index contributed by atoms with van der Waals surface area (Å²) >= 11 is 0. The second kappa shape index (κ2) is 7.24. The molecule has 1 unspecified atom stereocenters. The van der Waals surface area contributed by atoms with Gasteiger partial charge in [-0.3, -0.25) is 0 Å². The third-order valence-electron chi connectivity index (χ3n) is 3.26. The van der Waals surface area contributed by atoms with Crippen LogP contribution in [0, 0.1) is 5.41 Å². The lowest BCUT2D eigenvalue weighted by Gasteiger charge is -2.35. The Kier molecular flexibility index (Phi) is 7.20. The van der Waals surface area contributed by atoms with Crippen molar-refractivity contribution in [1.82, 2.24) is 10.2 Å². The standard InChI is InChI=1S/C13H30N2/c1-7-8-9-14-10-11-15(6)12(2)13(3,4)5/h12,14H,7-11H2,1-6H3. The Balaban J connectivity index is 3.60.